The quantitative estimate of drug-likeness (QED) is 0.763. The molecular formula is C17H17N3O2. The third-order valence-corrected chi connectivity index (χ3v) is 4.61. The molecule has 0 fully saturated rings. The van der Waals surface area contributed by atoms with Crippen LogP contribution in [0.1, 0.15) is 28.3 Å². The van der Waals surface area contributed by atoms with Gasteiger partial charge in [0.25, 0.3) is 0 Å². The van der Waals surface area contributed by atoms with Crippen molar-refractivity contribution in [2.24, 2.45) is 5.92 Å². The number of aromatic nitrogens is 3. The first-order chi connectivity index (χ1) is 10.6. The SMILES string of the molecule is Cc1c2n(c3ccccc13)C(=O)C(Cc1nc(O)c[nH]1)CC2. The standard InChI is InChI=1S/C17H17N3O2/c1-10-12-4-2-3-5-14(12)20-13(10)7-6-11(17(20)22)8-15-18-9-16(21)19-15/h2-5,9,11,21H,6-8H2,1H3,(H,18,19). The Hall–Kier alpha value is -2.56. The van der Waals surface area contributed by atoms with E-state index >= 15 is 0 Å². The van der Waals surface area contributed by atoms with Gasteiger partial charge in [0.2, 0.25) is 11.8 Å². The Bertz CT molecular complexity index is 875. The number of rotatable bonds is 2. The van der Waals surface area contributed by atoms with E-state index < -0.39 is 0 Å². The second kappa shape index (κ2) is 4.73. The Labute approximate surface area is 127 Å². The van der Waals surface area contributed by atoms with E-state index in [0.29, 0.717) is 12.2 Å². The number of aromatic hydroxyl groups is 1. The average Bonchev–Trinajstić information content (AvgIpc) is 3.05. The van der Waals surface area contributed by atoms with Crippen molar-refractivity contribution in [1.82, 2.24) is 14.5 Å². The number of hydrogen-bond acceptors (Lipinski definition) is 3. The predicted molar refractivity (Wildman–Crippen MR) is 83.1 cm³/mol. The molecule has 1 aromatic carbocycles. The monoisotopic (exact) mass is 295 g/mol. The zero-order valence-corrected chi connectivity index (χ0v) is 12.3. The summed E-state index contributed by atoms with van der Waals surface area (Å²) in [5.74, 6) is 0.656. The summed E-state index contributed by atoms with van der Waals surface area (Å²) < 4.78 is 1.88. The van der Waals surface area contributed by atoms with Gasteiger partial charge in [-0.05, 0) is 31.4 Å². The highest BCUT2D eigenvalue weighted by Crippen LogP contribution is 2.32. The lowest BCUT2D eigenvalue weighted by molar-refractivity contribution is 0.0807. The Kier molecular flexibility index (Phi) is 2.82. The number of nitrogens with one attached hydrogen (secondary N) is 1. The molecule has 5 nitrogen and oxygen atoms in total. The molecule has 4 rings (SSSR count). The van der Waals surface area contributed by atoms with Crippen LogP contribution in [0, 0.1) is 12.8 Å². The number of carbonyl (C=O) groups excluding carboxylic acids is 1. The van der Waals surface area contributed by atoms with Gasteiger partial charge in [-0.2, -0.15) is 4.98 Å². The van der Waals surface area contributed by atoms with Crippen LogP contribution in [0.2, 0.25) is 0 Å². The van der Waals surface area contributed by atoms with Crippen molar-refractivity contribution in [2.75, 3.05) is 0 Å². The molecule has 22 heavy (non-hydrogen) atoms. The van der Waals surface area contributed by atoms with Crippen molar-refractivity contribution < 1.29 is 9.90 Å². The van der Waals surface area contributed by atoms with Gasteiger partial charge >= 0.3 is 0 Å². The highest BCUT2D eigenvalue weighted by atomic mass is 16.3. The van der Waals surface area contributed by atoms with Crippen LogP contribution in [0.5, 0.6) is 5.88 Å². The second-order valence-electron chi connectivity index (χ2n) is 5.91. The second-order valence-corrected chi connectivity index (χ2v) is 5.91. The summed E-state index contributed by atoms with van der Waals surface area (Å²) in [7, 11) is 0. The number of para-hydroxylation sites is 1. The molecule has 2 N–H and O–H groups in total. The summed E-state index contributed by atoms with van der Waals surface area (Å²) in [6.07, 6.45) is 3.69. The van der Waals surface area contributed by atoms with Gasteiger partial charge in [0, 0.05) is 23.4 Å². The summed E-state index contributed by atoms with van der Waals surface area (Å²) in [5.41, 5.74) is 3.33. The van der Waals surface area contributed by atoms with E-state index in [0.717, 1.165) is 29.4 Å². The topological polar surface area (TPSA) is 70.9 Å². The first kappa shape index (κ1) is 13.1. The number of benzene rings is 1. The first-order valence-corrected chi connectivity index (χ1v) is 7.51. The molecule has 0 spiro atoms. The van der Waals surface area contributed by atoms with Crippen molar-refractivity contribution in [3.05, 3.63) is 47.5 Å². The van der Waals surface area contributed by atoms with Crippen molar-refractivity contribution in [3.63, 3.8) is 0 Å². The Morgan fingerprint density at radius 2 is 2.23 bits per heavy atom. The van der Waals surface area contributed by atoms with Crippen LogP contribution < -0.4 is 0 Å². The van der Waals surface area contributed by atoms with Gasteiger partial charge in [0.15, 0.2) is 0 Å². The predicted octanol–water partition coefficient (Wildman–Crippen LogP) is 2.82. The molecule has 0 saturated carbocycles. The molecule has 3 heterocycles. The molecule has 1 atom stereocenters. The van der Waals surface area contributed by atoms with Gasteiger partial charge in [-0.3, -0.25) is 9.36 Å². The largest absolute Gasteiger partial charge is 0.492 e. The normalized spacial score (nSPS) is 17.9. The Morgan fingerprint density at radius 1 is 1.41 bits per heavy atom. The molecule has 0 radical (unpaired) electrons. The third-order valence-electron chi connectivity index (χ3n) is 4.61. The minimum Gasteiger partial charge on any atom is -0.492 e. The van der Waals surface area contributed by atoms with Crippen molar-refractivity contribution in [1.29, 1.82) is 0 Å². The molecular weight excluding hydrogens is 278 g/mol. The zero-order chi connectivity index (χ0) is 15.3. The molecule has 112 valence electrons. The number of H-pyrrole nitrogens is 1. The van der Waals surface area contributed by atoms with Crippen molar-refractivity contribution >= 4 is 16.8 Å². The number of carbonyl (C=O) groups is 1. The van der Waals surface area contributed by atoms with Crippen molar-refractivity contribution in [2.45, 2.75) is 26.2 Å². The van der Waals surface area contributed by atoms with E-state index in [1.807, 2.05) is 22.8 Å². The number of imidazole rings is 1. The first-order valence-electron chi connectivity index (χ1n) is 7.51. The Morgan fingerprint density at radius 3 is 3.00 bits per heavy atom. The lowest BCUT2D eigenvalue weighted by Gasteiger charge is -2.23. The number of fused-ring (bicyclic) bond motifs is 3. The van der Waals surface area contributed by atoms with E-state index in [1.165, 1.54) is 11.8 Å². The van der Waals surface area contributed by atoms with Crippen LogP contribution in [0.4, 0.5) is 0 Å². The fourth-order valence-corrected chi connectivity index (χ4v) is 3.50. The van der Waals surface area contributed by atoms with Crippen LogP contribution >= 0.6 is 0 Å². The fraction of sp³-hybridized carbons (Fsp3) is 0.294. The summed E-state index contributed by atoms with van der Waals surface area (Å²) in [6.45, 7) is 2.09. The highest BCUT2D eigenvalue weighted by Gasteiger charge is 2.31. The number of aromatic amines is 1. The maximum atomic E-state index is 12.9. The zero-order valence-electron chi connectivity index (χ0n) is 12.3. The molecule has 1 aliphatic heterocycles. The lowest BCUT2D eigenvalue weighted by Crippen LogP contribution is -2.30. The van der Waals surface area contributed by atoms with Gasteiger partial charge in [-0.1, -0.05) is 18.2 Å². The molecule has 2 aromatic heterocycles. The molecule has 0 aliphatic carbocycles. The smallest absolute Gasteiger partial charge is 0.234 e. The maximum Gasteiger partial charge on any atom is 0.234 e. The highest BCUT2D eigenvalue weighted by molar-refractivity contribution is 5.97. The van der Waals surface area contributed by atoms with Crippen molar-refractivity contribution in [3.8, 4) is 5.88 Å². The summed E-state index contributed by atoms with van der Waals surface area (Å²) in [4.78, 5) is 19.8. The van der Waals surface area contributed by atoms with Crippen LogP contribution in [0.15, 0.2) is 30.5 Å². The van der Waals surface area contributed by atoms with Crippen LogP contribution in [0.25, 0.3) is 10.9 Å². The number of nitrogens with zero attached hydrogens (tertiary/aromatic N) is 2. The molecule has 0 amide bonds. The summed E-state index contributed by atoms with van der Waals surface area (Å²) in [5, 5.41) is 10.5. The van der Waals surface area contributed by atoms with Crippen LogP contribution in [0.3, 0.4) is 0 Å². The van der Waals surface area contributed by atoms with E-state index in [2.05, 4.69) is 23.0 Å². The molecule has 5 heteroatoms. The van der Waals surface area contributed by atoms with E-state index in [9.17, 15) is 9.90 Å². The number of aryl methyl sites for hydroxylation is 1. The molecule has 1 unspecified atom stereocenters. The van der Waals surface area contributed by atoms with Gasteiger partial charge in [0.1, 0.15) is 5.82 Å². The van der Waals surface area contributed by atoms with E-state index in [4.69, 9.17) is 0 Å². The van der Waals surface area contributed by atoms with Gasteiger partial charge < -0.3 is 10.1 Å². The third kappa shape index (κ3) is 1.85. The minimum absolute atomic E-state index is 0.0267. The van der Waals surface area contributed by atoms with Crippen LogP contribution in [-0.4, -0.2) is 25.5 Å². The van der Waals surface area contributed by atoms with E-state index in [1.54, 1.807) is 0 Å². The summed E-state index contributed by atoms with van der Waals surface area (Å²) in [6, 6.07) is 8.05. The summed E-state index contributed by atoms with van der Waals surface area (Å²) >= 11 is 0. The molecule has 1 aliphatic rings. The minimum atomic E-state index is -0.103. The van der Waals surface area contributed by atoms with Gasteiger partial charge in [0.05, 0.1) is 11.7 Å². The molecule has 0 bridgehead atoms. The van der Waals surface area contributed by atoms with Gasteiger partial charge in [-0.15, -0.1) is 0 Å². The molecule has 3 aromatic rings. The Balaban J connectivity index is 1.75. The average molecular weight is 295 g/mol. The maximum absolute atomic E-state index is 12.9. The molecule has 0 saturated heterocycles. The van der Waals surface area contributed by atoms with Crippen LogP contribution in [-0.2, 0) is 12.8 Å². The number of hydrogen-bond donors (Lipinski definition) is 2. The van der Waals surface area contributed by atoms with Gasteiger partial charge in [-0.25, -0.2) is 0 Å². The van der Waals surface area contributed by atoms with E-state index in [-0.39, 0.29) is 17.7 Å². The lowest BCUT2D eigenvalue weighted by atomic mass is 9.93. The fourth-order valence-electron chi connectivity index (χ4n) is 3.50.